The molecule has 7 heteroatoms. The lowest BCUT2D eigenvalue weighted by Gasteiger charge is -2.05. The molecule has 0 aliphatic heterocycles. The Morgan fingerprint density at radius 3 is 2.67 bits per heavy atom. The normalized spacial score (nSPS) is 10.3. The third-order valence-corrected chi connectivity index (χ3v) is 3.66. The number of benzene rings is 1. The van der Waals surface area contributed by atoms with E-state index in [0.29, 0.717) is 5.69 Å². The third-order valence-electron chi connectivity index (χ3n) is 2.66. The Balaban J connectivity index is 1.75. The molecule has 0 atom stereocenters. The number of rotatable bonds is 3. The molecule has 0 saturated carbocycles. The minimum Gasteiger partial charge on any atom is -0.321 e. The van der Waals surface area contributed by atoms with E-state index in [1.807, 2.05) is 29.6 Å². The number of halogens is 1. The molecule has 1 aromatic carbocycles. The first-order chi connectivity index (χ1) is 10.2. The van der Waals surface area contributed by atoms with Crippen LogP contribution in [0.4, 0.5) is 5.69 Å². The second kappa shape index (κ2) is 5.99. The van der Waals surface area contributed by atoms with Crippen LogP contribution >= 0.6 is 22.9 Å². The molecule has 1 amide bonds. The van der Waals surface area contributed by atoms with Crippen molar-refractivity contribution in [2.24, 2.45) is 0 Å². The van der Waals surface area contributed by atoms with E-state index < -0.39 is 0 Å². The first-order valence-corrected chi connectivity index (χ1v) is 7.27. The van der Waals surface area contributed by atoms with Gasteiger partial charge in [-0.05, 0) is 24.3 Å². The van der Waals surface area contributed by atoms with E-state index >= 15 is 0 Å². The van der Waals surface area contributed by atoms with Crippen molar-refractivity contribution in [1.29, 1.82) is 0 Å². The average Bonchev–Trinajstić information content (AvgIpc) is 3.02. The maximum Gasteiger partial charge on any atom is 0.275 e. The Kier molecular flexibility index (Phi) is 3.89. The Labute approximate surface area is 129 Å². The predicted molar refractivity (Wildman–Crippen MR) is 82.5 cm³/mol. The highest BCUT2D eigenvalue weighted by Gasteiger charge is 2.09. The number of amides is 1. The summed E-state index contributed by atoms with van der Waals surface area (Å²) in [6, 6.07) is 7.43. The molecule has 3 rings (SSSR count). The van der Waals surface area contributed by atoms with Crippen molar-refractivity contribution >= 4 is 34.5 Å². The van der Waals surface area contributed by atoms with E-state index in [-0.39, 0.29) is 16.8 Å². The molecule has 1 N–H and O–H groups in total. The fourth-order valence-electron chi connectivity index (χ4n) is 1.71. The highest BCUT2D eigenvalue weighted by molar-refractivity contribution is 7.13. The second-order valence-corrected chi connectivity index (χ2v) is 5.38. The molecule has 0 spiro atoms. The minimum absolute atomic E-state index is 0.173. The van der Waals surface area contributed by atoms with Crippen LogP contribution < -0.4 is 5.32 Å². The first kappa shape index (κ1) is 13.7. The fourth-order valence-corrected chi connectivity index (χ4v) is 2.50. The van der Waals surface area contributed by atoms with Gasteiger partial charge in [-0.15, -0.1) is 11.3 Å². The Hall–Kier alpha value is -2.31. The third kappa shape index (κ3) is 3.24. The molecule has 2 heterocycles. The zero-order chi connectivity index (χ0) is 14.7. The molecule has 2 aromatic heterocycles. The van der Waals surface area contributed by atoms with Gasteiger partial charge in [-0.2, -0.15) is 0 Å². The van der Waals surface area contributed by atoms with E-state index in [1.54, 1.807) is 17.5 Å². The Bertz CT molecular complexity index is 759. The van der Waals surface area contributed by atoms with Crippen molar-refractivity contribution in [2.45, 2.75) is 0 Å². The van der Waals surface area contributed by atoms with Gasteiger partial charge in [0.05, 0.1) is 12.4 Å². The van der Waals surface area contributed by atoms with Crippen molar-refractivity contribution in [1.82, 2.24) is 15.0 Å². The lowest BCUT2D eigenvalue weighted by atomic mass is 10.2. The zero-order valence-corrected chi connectivity index (χ0v) is 12.2. The van der Waals surface area contributed by atoms with Crippen molar-refractivity contribution in [3.05, 3.63) is 59.1 Å². The van der Waals surface area contributed by atoms with Crippen LogP contribution in [0.15, 0.2) is 48.2 Å². The van der Waals surface area contributed by atoms with Gasteiger partial charge in [0.15, 0.2) is 0 Å². The molecule has 0 aliphatic carbocycles. The summed E-state index contributed by atoms with van der Waals surface area (Å²) in [4.78, 5) is 24.0. The largest absolute Gasteiger partial charge is 0.321 e. The molecule has 0 bridgehead atoms. The predicted octanol–water partition coefficient (Wildman–Crippen LogP) is 3.51. The van der Waals surface area contributed by atoms with Crippen molar-refractivity contribution < 1.29 is 4.79 Å². The smallest absolute Gasteiger partial charge is 0.275 e. The molecule has 5 nitrogen and oxygen atoms in total. The maximum atomic E-state index is 12.0. The van der Waals surface area contributed by atoms with E-state index in [0.717, 1.165) is 10.6 Å². The summed E-state index contributed by atoms with van der Waals surface area (Å²) in [6.07, 6.45) is 4.50. The zero-order valence-electron chi connectivity index (χ0n) is 10.7. The summed E-state index contributed by atoms with van der Waals surface area (Å²) in [5.41, 5.74) is 1.85. The Morgan fingerprint density at radius 2 is 2.00 bits per heavy atom. The van der Waals surface area contributed by atoms with Crippen molar-refractivity contribution in [2.75, 3.05) is 5.32 Å². The highest BCUT2D eigenvalue weighted by Crippen LogP contribution is 2.23. The summed E-state index contributed by atoms with van der Waals surface area (Å²) < 4.78 is 0. The number of hydrogen-bond donors (Lipinski definition) is 1. The fraction of sp³-hybridized carbons (Fsp3) is 0. The van der Waals surface area contributed by atoms with Crippen LogP contribution in [0.2, 0.25) is 5.15 Å². The summed E-state index contributed by atoms with van der Waals surface area (Å²) in [5.74, 6) is -0.355. The molecule has 0 saturated heterocycles. The van der Waals surface area contributed by atoms with Crippen LogP contribution in [0.1, 0.15) is 10.5 Å². The summed E-state index contributed by atoms with van der Waals surface area (Å²) >= 11 is 7.27. The lowest BCUT2D eigenvalue weighted by Crippen LogP contribution is -2.13. The summed E-state index contributed by atoms with van der Waals surface area (Å²) in [7, 11) is 0. The van der Waals surface area contributed by atoms with E-state index in [2.05, 4.69) is 20.3 Å². The van der Waals surface area contributed by atoms with Crippen molar-refractivity contribution in [3.8, 4) is 10.6 Å². The molecule has 3 aromatic rings. The van der Waals surface area contributed by atoms with Gasteiger partial charge in [0.25, 0.3) is 5.91 Å². The maximum absolute atomic E-state index is 12.0. The molecule has 0 fully saturated rings. The summed E-state index contributed by atoms with van der Waals surface area (Å²) in [5, 5.41) is 5.78. The number of aromatic nitrogens is 3. The van der Waals surface area contributed by atoms with Crippen LogP contribution in [0.3, 0.4) is 0 Å². The molecule has 21 heavy (non-hydrogen) atoms. The quantitative estimate of drug-likeness (QED) is 0.803. The standard InChI is InChI=1S/C14H9ClN4OS/c15-12-8-16-7-11(19-12)13(20)18-10-3-1-9(2-4-10)14-17-5-6-21-14/h1-8H,(H,18,20). The van der Waals surface area contributed by atoms with E-state index in [4.69, 9.17) is 11.6 Å². The van der Waals surface area contributed by atoms with E-state index in [1.165, 1.54) is 12.4 Å². The molecule has 104 valence electrons. The molecular formula is C14H9ClN4OS. The van der Waals surface area contributed by atoms with Gasteiger partial charge < -0.3 is 5.32 Å². The van der Waals surface area contributed by atoms with Crippen LogP contribution in [0.25, 0.3) is 10.6 Å². The molecule has 0 radical (unpaired) electrons. The van der Waals surface area contributed by atoms with Crippen LogP contribution in [0.5, 0.6) is 0 Å². The molecular weight excluding hydrogens is 308 g/mol. The second-order valence-electron chi connectivity index (χ2n) is 4.10. The monoisotopic (exact) mass is 316 g/mol. The van der Waals surface area contributed by atoms with Crippen LogP contribution in [-0.4, -0.2) is 20.9 Å². The number of carbonyl (C=O) groups excluding carboxylic acids is 1. The van der Waals surface area contributed by atoms with Gasteiger partial charge in [0.1, 0.15) is 15.9 Å². The summed E-state index contributed by atoms with van der Waals surface area (Å²) in [6.45, 7) is 0. The number of nitrogens with one attached hydrogen (secondary N) is 1. The Morgan fingerprint density at radius 1 is 1.19 bits per heavy atom. The van der Waals surface area contributed by atoms with Gasteiger partial charge in [0.2, 0.25) is 0 Å². The molecule has 0 unspecified atom stereocenters. The molecule has 0 aliphatic rings. The van der Waals surface area contributed by atoms with Crippen molar-refractivity contribution in [3.63, 3.8) is 0 Å². The first-order valence-electron chi connectivity index (χ1n) is 6.01. The van der Waals surface area contributed by atoms with Gasteiger partial charge in [-0.1, -0.05) is 11.6 Å². The average molecular weight is 317 g/mol. The number of hydrogen-bond acceptors (Lipinski definition) is 5. The highest BCUT2D eigenvalue weighted by atomic mass is 35.5. The number of thiazole rings is 1. The van der Waals surface area contributed by atoms with E-state index in [9.17, 15) is 4.79 Å². The number of carbonyl (C=O) groups is 1. The van der Waals surface area contributed by atoms with Gasteiger partial charge in [-0.3, -0.25) is 9.78 Å². The van der Waals surface area contributed by atoms with Crippen LogP contribution in [-0.2, 0) is 0 Å². The topological polar surface area (TPSA) is 67.8 Å². The minimum atomic E-state index is -0.355. The van der Waals surface area contributed by atoms with Gasteiger partial charge >= 0.3 is 0 Å². The number of anilines is 1. The van der Waals surface area contributed by atoms with Gasteiger partial charge in [-0.25, -0.2) is 9.97 Å². The van der Waals surface area contributed by atoms with Crippen LogP contribution in [0, 0.1) is 0 Å². The lowest BCUT2D eigenvalue weighted by molar-refractivity contribution is 0.102. The SMILES string of the molecule is O=C(Nc1ccc(-c2nccs2)cc1)c1cncc(Cl)n1. The number of nitrogens with zero attached hydrogens (tertiary/aromatic N) is 3. The van der Waals surface area contributed by atoms with Gasteiger partial charge in [0, 0.05) is 22.8 Å².